The molecule has 0 unspecified atom stereocenters. The fourth-order valence-electron chi connectivity index (χ4n) is 3.79. The number of anilines is 1. The van der Waals surface area contributed by atoms with Gasteiger partial charge >= 0.3 is 0 Å². The Morgan fingerprint density at radius 3 is 2.69 bits per heavy atom. The Hall–Kier alpha value is -2.91. The van der Waals surface area contributed by atoms with Crippen molar-refractivity contribution in [2.24, 2.45) is 0 Å². The first-order valence-corrected chi connectivity index (χ1v) is 10.1. The SMILES string of the molecule is O=c1cc(CN2CCN(c3ccnc4c(F)ccc(F)c34)CC2)nc2sccn12. The summed E-state index contributed by atoms with van der Waals surface area (Å²) in [6, 6.07) is 5.55. The van der Waals surface area contributed by atoms with Crippen LogP contribution in [0.5, 0.6) is 0 Å². The van der Waals surface area contributed by atoms with Crippen LogP contribution in [0.4, 0.5) is 14.5 Å². The second kappa shape index (κ2) is 7.16. The Bertz CT molecular complexity index is 1260. The Kier molecular flexibility index (Phi) is 4.48. The van der Waals surface area contributed by atoms with Crippen molar-refractivity contribution in [3.8, 4) is 0 Å². The average molecular weight is 413 g/mol. The molecule has 1 aliphatic heterocycles. The van der Waals surface area contributed by atoms with Gasteiger partial charge in [0.25, 0.3) is 5.56 Å². The Morgan fingerprint density at radius 2 is 1.86 bits per heavy atom. The second-order valence-corrected chi connectivity index (χ2v) is 7.86. The largest absolute Gasteiger partial charge is 0.368 e. The molecule has 4 aromatic rings. The van der Waals surface area contributed by atoms with Crippen molar-refractivity contribution < 1.29 is 8.78 Å². The third-order valence-corrected chi connectivity index (χ3v) is 5.98. The van der Waals surface area contributed by atoms with Crippen LogP contribution in [0.3, 0.4) is 0 Å². The normalized spacial score (nSPS) is 15.4. The number of thiazole rings is 1. The number of pyridine rings is 1. The van der Waals surface area contributed by atoms with Gasteiger partial charge in [0, 0.05) is 56.6 Å². The lowest BCUT2D eigenvalue weighted by Crippen LogP contribution is -2.46. The standard InChI is InChI=1S/C20H17F2N5OS/c21-14-1-2-15(22)19-18(14)16(3-4-23-19)26-7-5-25(6-8-26)12-13-11-17(28)27-9-10-29-20(27)24-13/h1-4,9-11H,5-8,12H2. The van der Waals surface area contributed by atoms with Gasteiger partial charge in [-0.2, -0.15) is 0 Å². The highest BCUT2D eigenvalue weighted by Gasteiger charge is 2.22. The van der Waals surface area contributed by atoms with Crippen LogP contribution in [0.15, 0.2) is 46.8 Å². The second-order valence-electron chi connectivity index (χ2n) is 6.99. The lowest BCUT2D eigenvalue weighted by atomic mass is 10.1. The lowest BCUT2D eigenvalue weighted by molar-refractivity contribution is 0.247. The molecule has 0 spiro atoms. The molecule has 0 bridgehead atoms. The third-order valence-electron chi connectivity index (χ3n) is 5.22. The van der Waals surface area contributed by atoms with Gasteiger partial charge in [-0.1, -0.05) is 0 Å². The molecule has 4 heterocycles. The minimum absolute atomic E-state index is 0.0545. The summed E-state index contributed by atoms with van der Waals surface area (Å²) in [6.45, 7) is 3.36. The molecule has 0 atom stereocenters. The van der Waals surface area contributed by atoms with Crippen molar-refractivity contribution in [1.82, 2.24) is 19.3 Å². The molecule has 148 valence electrons. The van der Waals surface area contributed by atoms with E-state index in [4.69, 9.17) is 0 Å². The number of hydrogen-bond acceptors (Lipinski definition) is 6. The van der Waals surface area contributed by atoms with Gasteiger partial charge in [-0.15, -0.1) is 11.3 Å². The topological polar surface area (TPSA) is 53.7 Å². The minimum atomic E-state index is -0.525. The Morgan fingerprint density at radius 1 is 1.07 bits per heavy atom. The minimum Gasteiger partial charge on any atom is -0.368 e. The third kappa shape index (κ3) is 3.26. The molecule has 0 amide bonds. The van der Waals surface area contributed by atoms with E-state index in [1.54, 1.807) is 18.3 Å². The zero-order valence-electron chi connectivity index (χ0n) is 15.4. The van der Waals surface area contributed by atoms with E-state index in [0.29, 0.717) is 30.3 Å². The molecule has 1 fully saturated rings. The molecule has 1 saturated heterocycles. The van der Waals surface area contributed by atoms with Crippen LogP contribution in [-0.4, -0.2) is 45.4 Å². The number of halogens is 2. The van der Waals surface area contributed by atoms with Gasteiger partial charge in [0.1, 0.15) is 17.2 Å². The molecule has 0 aliphatic carbocycles. The Balaban J connectivity index is 1.35. The molecule has 0 saturated carbocycles. The highest BCUT2D eigenvalue weighted by atomic mass is 32.1. The first-order chi connectivity index (χ1) is 14.1. The average Bonchev–Trinajstić information content (AvgIpc) is 3.20. The quantitative estimate of drug-likeness (QED) is 0.517. The predicted molar refractivity (Wildman–Crippen MR) is 108 cm³/mol. The molecule has 6 nitrogen and oxygen atoms in total. The molecular formula is C20H17F2N5OS. The summed E-state index contributed by atoms with van der Waals surface area (Å²) in [4.78, 5) is 25.7. The van der Waals surface area contributed by atoms with Crippen LogP contribution >= 0.6 is 11.3 Å². The van der Waals surface area contributed by atoms with Crippen LogP contribution in [0.2, 0.25) is 0 Å². The summed E-state index contributed by atoms with van der Waals surface area (Å²) >= 11 is 1.43. The van der Waals surface area contributed by atoms with E-state index in [-0.39, 0.29) is 16.5 Å². The van der Waals surface area contributed by atoms with E-state index < -0.39 is 11.6 Å². The van der Waals surface area contributed by atoms with Crippen molar-refractivity contribution in [1.29, 1.82) is 0 Å². The molecule has 0 radical (unpaired) electrons. The predicted octanol–water partition coefficient (Wildman–Crippen LogP) is 2.90. The van der Waals surface area contributed by atoms with Crippen LogP contribution < -0.4 is 10.5 Å². The zero-order valence-corrected chi connectivity index (χ0v) is 16.2. The van der Waals surface area contributed by atoms with Gasteiger partial charge in [-0.25, -0.2) is 13.8 Å². The number of benzene rings is 1. The van der Waals surface area contributed by atoms with Crippen molar-refractivity contribution in [2.45, 2.75) is 6.54 Å². The van der Waals surface area contributed by atoms with E-state index in [2.05, 4.69) is 14.9 Å². The lowest BCUT2D eigenvalue weighted by Gasteiger charge is -2.36. The maximum absolute atomic E-state index is 14.4. The van der Waals surface area contributed by atoms with E-state index in [0.717, 1.165) is 30.9 Å². The van der Waals surface area contributed by atoms with Crippen LogP contribution in [-0.2, 0) is 6.54 Å². The van der Waals surface area contributed by atoms with Gasteiger partial charge < -0.3 is 4.90 Å². The fraction of sp³-hybridized carbons (Fsp3) is 0.250. The monoisotopic (exact) mass is 413 g/mol. The van der Waals surface area contributed by atoms with Gasteiger partial charge in [0.2, 0.25) is 0 Å². The summed E-state index contributed by atoms with van der Waals surface area (Å²) < 4.78 is 30.0. The van der Waals surface area contributed by atoms with Crippen molar-refractivity contribution in [2.75, 3.05) is 31.1 Å². The van der Waals surface area contributed by atoms with Gasteiger partial charge in [0.15, 0.2) is 4.96 Å². The summed E-state index contributed by atoms with van der Waals surface area (Å²) in [5.41, 5.74) is 1.38. The smallest absolute Gasteiger partial charge is 0.258 e. The Labute approximate surface area is 168 Å². The number of hydrogen-bond donors (Lipinski definition) is 0. The van der Waals surface area contributed by atoms with E-state index in [1.807, 2.05) is 10.3 Å². The maximum atomic E-state index is 14.4. The maximum Gasteiger partial charge on any atom is 0.258 e. The van der Waals surface area contributed by atoms with E-state index in [1.165, 1.54) is 21.9 Å². The first-order valence-electron chi connectivity index (χ1n) is 9.26. The van der Waals surface area contributed by atoms with E-state index >= 15 is 0 Å². The van der Waals surface area contributed by atoms with Gasteiger partial charge in [-0.3, -0.25) is 19.1 Å². The van der Waals surface area contributed by atoms with Crippen LogP contribution in [0.25, 0.3) is 15.9 Å². The number of piperazine rings is 1. The summed E-state index contributed by atoms with van der Waals surface area (Å²) in [7, 11) is 0. The van der Waals surface area contributed by atoms with Crippen LogP contribution in [0, 0.1) is 11.6 Å². The summed E-state index contributed by atoms with van der Waals surface area (Å²) in [6.07, 6.45) is 3.24. The molecule has 1 aliphatic rings. The van der Waals surface area contributed by atoms with Gasteiger partial charge in [0.05, 0.1) is 16.8 Å². The number of fused-ring (bicyclic) bond motifs is 2. The number of rotatable bonds is 3. The number of aromatic nitrogens is 3. The highest BCUT2D eigenvalue weighted by molar-refractivity contribution is 7.15. The molecule has 1 aromatic carbocycles. The van der Waals surface area contributed by atoms with Crippen molar-refractivity contribution in [3.05, 3.63) is 69.7 Å². The highest BCUT2D eigenvalue weighted by Crippen LogP contribution is 2.30. The number of nitrogens with zero attached hydrogens (tertiary/aromatic N) is 5. The van der Waals surface area contributed by atoms with Gasteiger partial charge in [-0.05, 0) is 18.2 Å². The van der Waals surface area contributed by atoms with Crippen molar-refractivity contribution in [3.63, 3.8) is 0 Å². The fourth-order valence-corrected chi connectivity index (χ4v) is 4.52. The van der Waals surface area contributed by atoms with Crippen LogP contribution in [0.1, 0.15) is 5.69 Å². The molecule has 5 rings (SSSR count). The molecule has 29 heavy (non-hydrogen) atoms. The summed E-state index contributed by atoms with van der Waals surface area (Å²) in [5, 5.41) is 2.06. The first kappa shape index (κ1) is 18.1. The molecule has 3 aromatic heterocycles. The van der Waals surface area contributed by atoms with E-state index in [9.17, 15) is 13.6 Å². The van der Waals surface area contributed by atoms with Crippen molar-refractivity contribution >= 4 is 32.9 Å². The summed E-state index contributed by atoms with van der Waals surface area (Å²) in [5.74, 6) is -0.996. The molecule has 9 heteroatoms. The molecular weight excluding hydrogens is 396 g/mol. The zero-order chi connectivity index (χ0) is 20.0. The molecule has 0 N–H and O–H groups in total.